The molecule has 8 nitrogen and oxygen atoms in total. The molecule has 0 aliphatic rings. The maximum atomic E-state index is 13.0. The molecule has 3 unspecified atom stereocenters. The molecule has 0 saturated heterocycles. The van der Waals surface area contributed by atoms with Crippen LogP contribution in [0.3, 0.4) is 0 Å². The molecule has 0 rings (SSSR count). The van der Waals surface area contributed by atoms with Crippen molar-refractivity contribution in [3.05, 3.63) is 48.6 Å². The fourth-order valence-corrected chi connectivity index (χ4v) is 9.51. The predicted octanol–water partition coefficient (Wildman–Crippen LogP) is 18.3. The van der Waals surface area contributed by atoms with E-state index in [-0.39, 0.29) is 19.1 Å². The van der Waals surface area contributed by atoms with Gasteiger partial charge in [0.1, 0.15) is 13.2 Å². The van der Waals surface area contributed by atoms with Crippen molar-refractivity contribution in [2.75, 3.05) is 40.9 Å². The van der Waals surface area contributed by atoms with E-state index in [1.807, 2.05) is 27.2 Å². The lowest BCUT2D eigenvalue weighted by Crippen LogP contribution is -2.45. The first kappa shape index (κ1) is 68.5. The van der Waals surface area contributed by atoms with Gasteiger partial charge >= 0.3 is 7.82 Å². The zero-order chi connectivity index (χ0) is 51.3. The van der Waals surface area contributed by atoms with Gasteiger partial charge in [-0.15, -0.1) is 0 Å². The summed E-state index contributed by atoms with van der Waals surface area (Å²) in [6.45, 7) is 4.82. The summed E-state index contributed by atoms with van der Waals surface area (Å²) in [5.41, 5.74) is 0. The van der Waals surface area contributed by atoms with Gasteiger partial charge < -0.3 is 19.8 Å². The van der Waals surface area contributed by atoms with Gasteiger partial charge in [0.05, 0.1) is 39.9 Å². The van der Waals surface area contributed by atoms with Crippen molar-refractivity contribution in [1.29, 1.82) is 0 Å². The molecule has 0 aromatic carbocycles. The minimum Gasteiger partial charge on any atom is -0.387 e. The second kappa shape index (κ2) is 52.3. The van der Waals surface area contributed by atoms with Crippen LogP contribution in [0.4, 0.5) is 0 Å². The molecule has 0 bridgehead atoms. The Kier molecular flexibility index (Phi) is 51.2. The van der Waals surface area contributed by atoms with E-state index < -0.39 is 20.0 Å². The highest BCUT2D eigenvalue weighted by Crippen LogP contribution is 2.43. The van der Waals surface area contributed by atoms with Crippen molar-refractivity contribution < 1.29 is 32.9 Å². The minimum absolute atomic E-state index is 0.0532. The largest absolute Gasteiger partial charge is 0.472 e. The number of rotatable bonds is 55. The van der Waals surface area contributed by atoms with Gasteiger partial charge in [-0.25, -0.2) is 4.57 Å². The monoisotopic (exact) mass is 1010 g/mol. The zero-order valence-corrected chi connectivity index (χ0v) is 47.9. The van der Waals surface area contributed by atoms with Crippen LogP contribution in [0.15, 0.2) is 48.6 Å². The Balaban J connectivity index is 4.22. The minimum atomic E-state index is -4.36. The zero-order valence-electron chi connectivity index (χ0n) is 47.0. The highest BCUT2D eigenvalue weighted by atomic mass is 31.2. The molecule has 0 aliphatic carbocycles. The molecule has 1 amide bonds. The second-order valence-corrected chi connectivity index (χ2v) is 23.2. The average molecular weight is 1010 g/mol. The maximum Gasteiger partial charge on any atom is 0.472 e. The molecule has 9 heteroatoms. The standard InChI is InChI=1S/C61H117N2O6P/c1-6-8-10-12-14-16-18-20-22-24-26-28-29-30-31-32-33-35-37-39-41-43-45-47-49-51-53-55-61(65)62-59(58-69-70(66,67)68-57-56-63(3,4)5)60(64)54-52-50-48-46-44-42-40-38-36-34-27-25-23-21-19-17-15-13-11-9-7-2/h30-31,36,38,44,46,52,54,59-60,64H,6-29,32-35,37,39-43,45,47-51,53,55-58H2,1-5H3,(H-,62,65,66,67)/p+1/b31-30-,38-36+,46-44+,54-52+. The van der Waals surface area contributed by atoms with E-state index in [2.05, 4.69) is 55.6 Å². The molecule has 0 radical (unpaired) electrons. The number of carbonyl (C=O) groups excluding carboxylic acids is 1. The van der Waals surface area contributed by atoms with E-state index in [1.165, 1.54) is 218 Å². The summed E-state index contributed by atoms with van der Waals surface area (Å²) in [6, 6.07) is -0.871. The van der Waals surface area contributed by atoms with Crippen molar-refractivity contribution in [2.24, 2.45) is 0 Å². The van der Waals surface area contributed by atoms with Crippen LogP contribution in [0.2, 0.25) is 0 Å². The number of nitrogens with zero attached hydrogens (tertiary/aromatic N) is 1. The van der Waals surface area contributed by atoms with Crippen molar-refractivity contribution in [3.8, 4) is 0 Å². The predicted molar refractivity (Wildman–Crippen MR) is 304 cm³/mol. The second-order valence-electron chi connectivity index (χ2n) is 21.7. The molecule has 70 heavy (non-hydrogen) atoms. The Morgan fingerprint density at radius 1 is 0.471 bits per heavy atom. The number of aliphatic hydroxyl groups is 1. The highest BCUT2D eigenvalue weighted by Gasteiger charge is 2.27. The number of carbonyl (C=O) groups is 1. The molecular weight excluding hydrogens is 888 g/mol. The number of aliphatic hydroxyl groups excluding tert-OH is 1. The van der Waals surface area contributed by atoms with Crippen molar-refractivity contribution in [3.63, 3.8) is 0 Å². The SMILES string of the molecule is CCCCCCCCCCCCC/C=C/CC/C=C/CC/C=C/C(O)C(COP(=O)(O)OCC[N+](C)(C)C)NC(=O)CCCCCCCCCCCCC/C=C\CCCCCCCCCCCCCC. The topological polar surface area (TPSA) is 105 Å². The van der Waals surface area contributed by atoms with Gasteiger partial charge in [0.15, 0.2) is 0 Å². The van der Waals surface area contributed by atoms with Crippen LogP contribution in [0, 0.1) is 0 Å². The molecule has 0 saturated carbocycles. The van der Waals surface area contributed by atoms with E-state index in [0.29, 0.717) is 17.4 Å². The quantitative estimate of drug-likeness (QED) is 0.0243. The Labute approximate surface area is 435 Å². The van der Waals surface area contributed by atoms with Gasteiger partial charge in [-0.3, -0.25) is 13.8 Å². The Bertz CT molecular complexity index is 1280. The molecule has 0 fully saturated rings. The molecule has 3 atom stereocenters. The first-order chi connectivity index (χ1) is 34.0. The number of allylic oxidation sites excluding steroid dienone is 7. The number of unbranched alkanes of at least 4 members (excludes halogenated alkanes) is 36. The van der Waals surface area contributed by atoms with Crippen LogP contribution >= 0.6 is 7.82 Å². The molecule has 3 N–H and O–H groups in total. The Morgan fingerprint density at radius 3 is 1.14 bits per heavy atom. The number of likely N-dealkylation sites (N-methyl/N-ethyl adjacent to an activating group) is 1. The lowest BCUT2D eigenvalue weighted by Gasteiger charge is -2.25. The van der Waals surface area contributed by atoms with Crippen molar-refractivity contribution in [2.45, 2.75) is 296 Å². The van der Waals surface area contributed by atoms with Crippen LogP contribution in [0.1, 0.15) is 284 Å². The lowest BCUT2D eigenvalue weighted by molar-refractivity contribution is -0.870. The highest BCUT2D eigenvalue weighted by molar-refractivity contribution is 7.47. The van der Waals surface area contributed by atoms with Gasteiger partial charge in [-0.1, -0.05) is 255 Å². The van der Waals surface area contributed by atoms with Gasteiger partial charge in [0.2, 0.25) is 5.91 Å². The normalized spacial score (nSPS) is 14.2. The summed E-state index contributed by atoms with van der Waals surface area (Å²) in [4.78, 5) is 23.3. The molecular formula is C61H118N2O6P+. The summed E-state index contributed by atoms with van der Waals surface area (Å²) in [5.74, 6) is -0.189. The van der Waals surface area contributed by atoms with E-state index >= 15 is 0 Å². The van der Waals surface area contributed by atoms with Gasteiger partial charge in [0, 0.05) is 6.42 Å². The van der Waals surface area contributed by atoms with Gasteiger partial charge in [-0.2, -0.15) is 0 Å². The van der Waals surface area contributed by atoms with E-state index in [1.54, 1.807) is 6.08 Å². The third-order valence-electron chi connectivity index (χ3n) is 13.5. The van der Waals surface area contributed by atoms with Crippen LogP contribution in [-0.2, 0) is 18.4 Å². The molecule has 412 valence electrons. The van der Waals surface area contributed by atoms with Crippen molar-refractivity contribution in [1.82, 2.24) is 5.32 Å². The van der Waals surface area contributed by atoms with E-state index in [4.69, 9.17) is 9.05 Å². The fourth-order valence-electron chi connectivity index (χ4n) is 8.78. The average Bonchev–Trinajstić information content (AvgIpc) is 3.32. The van der Waals surface area contributed by atoms with Crippen LogP contribution in [0.25, 0.3) is 0 Å². The first-order valence-electron chi connectivity index (χ1n) is 30.0. The first-order valence-corrected chi connectivity index (χ1v) is 31.5. The lowest BCUT2D eigenvalue weighted by atomic mass is 10.0. The van der Waals surface area contributed by atoms with Crippen LogP contribution < -0.4 is 5.32 Å². The summed E-state index contributed by atoms with van der Waals surface area (Å²) >= 11 is 0. The maximum absolute atomic E-state index is 13.0. The third kappa shape index (κ3) is 54.2. The van der Waals surface area contributed by atoms with Crippen molar-refractivity contribution >= 4 is 13.7 Å². The summed E-state index contributed by atoms with van der Waals surface area (Å²) in [7, 11) is 1.55. The summed E-state index contributed by atoms with van der Waals surface area (Å²) in [5, 5.41) is 13.9. The number of phosphoric acid groups is 1. The number of nitrogens with one attached hydrogen (secondary N) is 1. The molecule has 0 aromatic heterocycles. The molecule has 0 aromatic rings. The molecule has 0 spiro atoms. The number of hydrogen-bond acceptors (Lipinski definition) is 5. The summed E-state index contributed by atoms with van der Waals surface area (Å²) < 4.78 is 23.7. The van der Waals surface area contributed by atoms with E-state index in [9.17, 15) is 19.4 Å². The number of phosphoric ester groups is 1. The van der Waals surface area contributed by atoms with Crippen LogP contribution in [0.5, 0.6) is 0 Å². The number of quaternary nitrogens is 1. The summed E-state index contributed by atoms with van der Waals surface area (Å²) in [6.07, 6.45) is 69.4. The Morgan fingerprint density at radius 2 is 0.786 bits per heavy atom. The van der Waals surface area contributed by atoms with E-state index in [0.717, 1.165) is 44.9 Å². The van der Waals surface area contributed by atoms with Gasteiger partial charge in [-0.05, 0) is 70.6 Å². The number of amides is 1. The molecule has 0 heterocycles. The molecule has 0 aliphatic heterocycles. The third-order valence-corrected chi connectivity index (χ3v) is 14.5. The number of hydrogen-bond donors (Lipinski definition) is 3. The fraction of sp³-hybridized carbons (Fsp3) is 0.852. The van der Waals surface area contributed by atoms with Gasteiger partial charge in [0.25, 0.3) is 0 Å². The van der Waals surface area contributed by atoms with Crippen LogP contribution in [-0.4, -0.2) is 73.4 Å². The smallest absolute Gasteiger partial charge is 0.387 e. The Hall–Kier alpha value is -1.54.